The van der Waals surface area contributed by atoms with Crippen molar-refractivity contribution in [1.29, 1.82) is 0 Å². The third-order valence-electron chi connectivity index (χ3n) is 6.60. The fourth-order valence-electron chi connectivity index (χ4n) is 4.17. The molecule has 4 rings (SSSR count). The number of anilines is 1. The number of hydrogen-bond donors (Lipinski definition) is 0. The zero-order chi connectivity index (χ0) is 25.9. The van der Waals surface area contributed by atoms with Gasteiger partial charge in [-0.3, -0.25) is 0 Å². The highest BCUT2D eigenvalue weighted by atomic mass is 32.2. The molecule has 0 bridgehead atoms. The molecule has 0 spiro atoms. The number of halogens is 2. The SMILES string of the molecule is CCc1cnc(N2CCC(COc3c(F)cc(-c4ccc(S(=O)(=O)C(C)C)cc4)cc3F)CC2)nc1. The van der Waals surface area contributed by atoms with E-state index in [1.165, 1.54) is 24.3 Å². The Labute approximate surface area is 211 Å². The van der Waals surface area contributed by atoms with Gasteiger partial charge in [-0.15, -0.1) is 0 Å². The van der Waals surface area contributed by atoms with Crippen LogP contribution in [0.5, 0.6) is 5.75 Å². The lowest BCUT2D eigenvalue weighted by Crippen LogP contribution is -2.36. The largest absolute Gasteiger partial charge is 0.487 e. The van der Waals surface area contributed by atoms with E-state index in [1.54, 1.807) is 26.0 Å². The molecule has 0 atom stereocenters. The van der Waals surface area contributed by atoms with E-state index in [0.717, 1.165) is 37.9 Å². The molecule has 0 radical (unpaired) electrons. The summed E-state index contributed by atoms with van der Waals surface area (Å²) < 4.78 is 59.8. The van der Waals surface area contributed by atoms with Crippen molar-refractivity contribution in [1.82, 2.24) is 9.97 Å². The van der Waals surface area contributed by atoms with Crippen LogP contribution in [0.3, 0.4) is 0 Å². The fourth-order valence-corrected chi connectivity index (χ4v) is 5.23. The molecule has 1 aromatic heterocycles. The van der Waals surface area contributed by atoms with E-state index in [-0.39, 0.29) is 17.4 Å². The second-order valence-corrected chi connectivity index (χ2v) is 11.9. The summed E-state index contributed by atoms with van der Waals surface area (Å²) in [7, 11) is -3.42. The highest BCUT2D eigenvalue weighted by Crippen LogP contribution is 2.31. The molecule has 192 valence electrons. The van der Waals surface area contributed by atoms with E-state index in [4.69, 9.17) is 4.74 Å². The molecule has 1 saturated heterocycles. The maximum absolute atomic E-state index is 14.8. The van der Waals surface area contributed by atoms with Crippen LogP contribution in [0.15, 0.2) is 53.7 Å². The standard InChI is InChI=1S/C27H31F2N3O3S/c1-4-19-15-30-27(31-16-19)32-11-9-20(10-12-32)17-35-26-24(28)13-22(14-25(26)29)21-5-7-23(8-6-21)36(33,34)18(2)3/h5-8,13-16,18,20H,4,9-12,17H2,1-3H3. The number of aromatic nitrogens is 2. The lowest BCUT2D eigenvalue weighted by atomic mass is 9.98. The molecule has 1 fully saturated rings. The van der Waals surface area contributed by atoms with Gasteiger partial charge in [0.25, 0.3) is 0 Å². The third kappa shape index (κ3) is 5.67. The lowest BCUT2D eigenvalue weighted by Gasteiger charge is -2.31. The summed E-state index contributed by atoms with van der Waals surface area (Å²) in [6.45, 7) is 7.00. The number of hydrogen-bond acceptors (Lipinski definition) is 6. The summed E-state index contributed by atoms with van der Waals surface area (Å²) in [6, 6.07) is 8.45. The van der Waals surface area contributed by atoms with Crippen molar-refractivity contribution >= 4 is 15.8 Å². The second-order valence-electron chi connectivity index (χ2n) is 9.37. The molecule has 2 heterocycles. The van der Waals surface area contributed by atoms with Crippen molar-refractivity contribution in [2.45, 2.75) is 50.2 Å². The zero-order valence-corrected chi connectivity index (χ0v) is 21.6. The van der Waals surface area contributed by atoms with Gasteiger partial charge < -0.3 is 9.64 Å². The Bertz CT molecular complexity index is 1270. The van der Waals surface area contributed by atoms with Crippen LogP contribution in [0, 0.1) is 17.6 Å². The smallest absolute Gasteiger partial charge is 0.225 e. The van der Waals surface area contributed by atoms with Crippen LogP contribution < -0.4 is 9.64 Å². The maximum atomic E-state index is 14.8. The molecule has 9 heteroatoms. The summed E-state index contributed by atoms with van der Waals surface area (Å²) >= 11 is 0. The highest BCUT2D eigenvalue weighted by Gasteiger charge is 2.23. The number of sulfone groups is 1. The minimum atomic E-state index is -3.42. The third-order valence-corrected chi connectivity index (χ3v) is 8.77. The number of benzene rings is 2. The van der Waals surface area contributed by atoms with E-state index < -0.39 is 32.5 Å². The minimum absolute atomic E-state index is 0.171. The molecule has 0 saturated carbocycles. The molecule has 0 aliphatic carbocycles. The van der Waals surface area contributed by atoms with Crippen molar-refractivity contribution in [3.05, 3.63) is 66.0 Å². The van der Waals surface area contributed by atoms with Gasteiger partial charge in [-0.2, -0.15) is 0 Å². The summed E-state index contributed by atoms with van der Waals surface area (Å²) in [5.41, 5.74) is 1.92. The molecule has 2 aromatic carbocycles. The normalized spacial score (nSPS) is 14.9. The molecular weight excluding hydrogens is 484 g/mol. The van der Waals surface area contributed by atoms with Gasteiger partial charge in [0.2, 0.25) is 5.95 Å². The van der Waals surface area contributed by atoms with Crippen molar-refractivity contribution in [3.63, 3.8) is 0 Å². The van der Waals surface area contributed by atoms with E-state index >= 15 is 0 Å². The van der Waals surface area contributed by atoms with Crippen LogP contribution >= 0.6 is 0 Å². The second kappa shape index (κ2) is 10.9. The van der Waals surface area contributed by atoms with E-state index in [9.17, 15) is 17.2 Å². The average molecular weight is 516 g/mol. The first kappa shape index (κ1) is 26.0. The summed E-state index contributed by atoms with van der Waals surface area (Å²) in [4.78, 5) is 11.1. The number of ether oxygens (including phenoxy) is 1. The van der Waals surface area contributed by atoms with Gasteiger partial charge >= 0.3 is 0 Å². The predicted octanol–water partition coefficient (Wildman–Crippen LogP) is 5.46. The molecule has 1 aliphatic heterocycles. The summed E-state index contributed by atoms with van der Waals surface area (Å²) in [5.74, 6) is -1.09. The number of nitrogens with zero attached hydrogens (tertiary/aromatic N) is 3. The van der Waals surface area contributed by atoms with E-state index in [0.29, 0.717) is 17.1 Å². The molecule has 0 unspecified atom stereocenters. The summed E-state index contributed by atoms with van der Waals surface area (Å²) in [6.07, 6.45) is 6.20. The van der Waals surface area contributed by atoms with Gasteiger partial charge in [0.15, 0.2) is 27.2 Å². The number of rotatable bonds is 8. The van der Waals surface area contributed by atoms with Gasteiger partial charge in [0, 0.05) is 25.5 Å². The van der Waals surface area contributed by atoms with Gasteiger partial charge in [0.05, 0.1) is 16.8 Å². The van der Waals surface area contributed by atoms with Crippen molar-refractivity contribution in [2.24, 2.45) is 5.92 Å². The maximum Gasteiger partial charge on any atom is 0.225 e. The average Bonchev–Trinajstić information content (AvgIpc) is 2.88. The topological polar surface area (TPSA) is 72.4 Å². The van der Waals surface area contributed by atoms with Crippen molar-refractivity contribution in [3.8, 4) is 16.9 Å². The first-order valence-electron chi connectivity index (χ1n) is 12.2. The van der Waals surface area contributed by atoms with Crippen LogP contribution in [0.25, 0.3) is 11.1 Å². The van der Waals surface area contributed by atoms with Crippen LogP contribution in [-0.2, 0) is 16.3 Å². The van der Waals surface area contributed by atoms with Gasteiger partial charge in [0.1, 0.15) is 0 Å². The van der Waals surface area contributed by atoms with Gasteiger partial charge in [-0.1, -0.05) is 19.1 Å². The van der Waals surface area contributed by atoms with Crippen molar-refractivity contribution in [2.75, 3.05) is 24.6 Å². The molecule has 0 N–H and O–H groups in total. The van der Waals surface area contributed by atoms with Gasteiger partial charge in [-0.05, 0) is 80.0 Å². The Kier molecular flexibility index (Phi) is 7.88. The Morgan fingerprint density at radius 3 is 2.11 bits per heavy atom. The number of piperidine rings is 1. The van der Waals surface area contributed by atoms with E-state index in [1.807, 2.05) is 12.4 Å². The molecule has 0 amide bonds. The predicted molar refractivity (Wildman–Crippen MR) is 136 cm³/mol. The molecular formula is C27H31F2N3O3S. The Morgan fingerprint density at radius 1 is 1.00 bits per heavy atom. The minimum Gasteiger partial charge on any atom is -0.487 e. The Morgan fingerprint density at radius 2 is 1.58 bits per heavy atom. The van der Waals surface area contributed by atoms with Crippen molar-refractivity contribution < 1.29 is 21.9 Å². The van der Waals surface area contributed by atoms with E-state index in [2.05, 4.69) is 21.8 Å². The zero-order valence-electron chi connectivity index (χ0n) is 20.7. The number of aryl methyl sites for hydroxylation is 1. The Hall–Kier alpha value is -3.07. The van der Waals surface area contributed by atoms with Crippen LogP contribution in [0.2, 0.25) is 0 Å². The van der Waals surface area contributed by atoms with Crippen LogP contribution in [0.4, 0.5) is 14.7 Å². The molecule has 6 nitrogen and oxygen atoms in total. The monoisotopic (exact) mass is 515 g/mol. The lowest BCUT2D eigenvalue weighted by molar-refractivity contribution is 0.207. The Balaban J connectivity index is 1.37. The quantitative estimate of drug-likeness (QED) is 0.397. The highest BCUT2D eigenvalue weighted by molar-refractivity contribution is 7.92. The van der Waals surface area contributed by atoms with Crippen LogP contribution in [0.1, 0.15) is 39.2 Å². The molecule has 3 aromatic rings. The first-order valence-corrected chi connectivity index (χ1v) is 13.8. The van der Waals surface area contributed by atoms with Crippen LogP contribution in [-0.4, -0.2) is 43.3 Å². The first-order chi connectivity index (χ1) is 17.2. The fraction of sp³-hybridized carbons (Fsp3) is 0.407. The molecule has 36 heavy (non-hydrogen) atoms. The summed E-state index contributed by atoms with van der Waals surface area (Å²) in [5, 5.41) is -0.553. The molecule has 1 aliphatic rings. The van der Waals surface area contributed by atoms with Gasteiger partial charge in [-0.25, -0.2) is 27.2 Å².